The highest BCUT2D eigenvalue weighted by atomic mass is 14.9. The molecule has 0 saturated heterocycles. The fourth-order valence-electron chi connectivity index (χ4n) is 1.86. The maximum atomic E-state index is 3.63. The second-order valence-corrected chi connectivity index (χ2v) is 4.03. The molecular formula is C10H21N. The van der Waals surface area contributed by atoms with E-state index in [0.29, 0.717) is 6.04 Å². The lowest BCUT2D eigenvalue weighted by Gasteiger charge is -2.35. The van der Waals surface area contributed by atoms with Crippen LogP contribution >= 0.6 is 0 Å². The van der Waals surface area contributed by atoms with Crippen molar-refractivity contribution in [2.24, 2.45) is 5.92 Å². The quantitative estimate of drug-likeness (QED) is 0.658. The van der Waals surface area contributed by atoms with Crippen LogP contribution in [0.3, 0.4) is 0 Å². The normalized spacial score (nSPS) is 21.8. The maximum Gasteiger partial charge on any atom is 0.00950 e. The average molecular weight is 155 g/mol. The zero-order valence-electron chi connectivity index (χ0n) is 8.06. The van der Waals surface area contributed by atoms with E-state index in [-0.39, 0.29) is 0 Å². The number of rotatable bonds is 4. The van der Waals surface area contributed by atoms with Crippen LogP contribution in [-0.2, 0) is 0 Å². The first kappa shape index (κ1) is 9.05. The molecule has 1 heteroatoms. The van der Waals surface area contributed by atoms with E-state index >= 15 is 0 Å². The average Bonchev–Trinajstić information content (AvgIpc) is 1.81. The van der Waals surface area contributed by atoms with Gasteiger partial charge in [0.1, 0.15) is 0 Å². The minimum atomic E-state index is 0.653. The Balaban J connectivity index is 2.23. The van der Waals surface area contributed by atoms with Crippen molar-refractivity contribution in [1.29, 1.82) is 0 Å². The topological polar surface area (TPSA) is 12.0 Å². The third-order valence-corrected chi connectivity index (χ3v) is 2.71. The molecule has 0 radical (unpaired) electrons. The van der Waals surface area contributed by atoms with Crippen LogP contribution in [0.1, 0.15) is 46.5 Å². The largest absolute Gasteiger partial charge is 0.312 e. The summed E-state index contributed by atoms with van der Waals surface area (Å²) in [6, 6.07) is 1.45. The summed E-state index contributed by atoms with van der Waals surface area (Å²) < 4.78 is 0. The van der Waals surface area contributed by atoms with Crippen molar-refractivity contribution in [2.45, 2.75) is 58.5 Å². The Kier molecular flexibility index (Phi) is 3.38. The van der Waals surface area contributed by atoms with Gasteiger partial charge in [0.15, 0.2) is 0 Å². The Labute approximate surface area is 70.6 Å². The van der Waals surface area contributed by atoms with Crippen molar-refractivity contribution in [1.82, 2.24) is 5.32 Å². The summed E-state index contributed by atoms with van der Waals surface area (Å²) in [5.41, 5.74) is 0. The van der Waals surface area contributed by atoms with Gasteiger partial charge in [-0.3, -0.25) is 0 Å². The molecule has 0 aliphatic heterocycles. The summed E-state index contributed by atoms with van der Waals surface area (Å²) in [4.78, 5) is 0. The summed E-state index contributed by atoms with van der Waals surface area (Å²) in [7, 11) is 0. The van der Waals surface area contributed by atoms with Gasteiger partial charge in [-0.15, -0.1) is 0 Å². The summed E-state index contributed by atoms with van der Waals surface area (Å²) in [5.74, 6) is 0.988. The lowest BCUT2D eigenvalue weighted by atomic mass is 9.78. The molecule has 1 saturated carbocycles. The van der Waals surface area contributed by atoms with Crippen LogP contribution in [0.5, 0.6) is 0 Å². The van der Waals surface area contributed by atoms with Gasteiger partial charge < -0.3 is 5.32 Å². The van der Waals surface area contributed by atoms with Crippen molar-refractivity contribution < 1.29 is 0 Å². The molecule has 1 aliphatic rings. The number of hydrogen-bond acceptors (Lipinski definition) is 1. The molecule has 1 atom stereocenters. The number of hydrogen-bond donors (Lipinski definition) is 1. The Morgan fingerprint density at radius 1 is 1.36 bits per heavy atom. The first-order valence-corrected chi connectivity index (χ1v) is 5.00. The highest BCUT2D eigenvalue weighted by molar-refractivity contribution is 4.82. The van der Waals surface area contributed by atoms with E-state index in [0.717, 1.165) is 12.0 Å². The van der Waals surface area contributed by atoms with E-state index in [1.54, 1.807) is 0 Å². The zero-order chi connectivity index (χ0) is 8.27. The molecule has 0 aromatic rings. The van der Waals surface area contributed by atoms with Crippen LogP contribution in [0, 0.1) is 5.92 Å². The van der Waals surface area contributed by atoms with Crippen LogP contribution in [0.25, 0.3) is 0 Å². The molecule has 1 aliphatic carbocycles. The standard InChI is InChI=1S/C10H21N/c1-4-10(11-8(2)3)9-6-5-7-9/h8-11H,4-7H2,1-3H3. The lowest BCUT2D eigenvalue weighted by molar-refractivity contribution is 0.215. The van der Waals surface area contributed by atoms with Crippen LogP contribution in [0.2, 0.25) is 0 Å². The summed E-state index contributed by atoms with van der Waals surface area (Å²) in [6.45, 7) is 6.76. The summed E-state index contributed by atoms with van der Waals surface area (Å²) in [6.07, 6.45) is 5.67. The predicted octanol–water partition coefficient (Wildman–Crippen LogP) is 2.56. The van der Waals surface area contributed by atoms with Gasteiger partial charge in [0.25, 0.3) is 0 Å². The fraction of sp³-hybridized carbons (Fsp3) is 1.00. The Bertz CT molecular complexity index is 105. The Morgan fingerprint density at radius 3 is 2.27 bits per heavy atom. The molecule has 0 aromatic heterocycles. The molecule has 11 heavy (non-hydrogen) atoms. The summed E-state index contributed by atoms with van der Waals surface area (Å²) in [5, 5.41) is 3.63. The first-order chi connectivity index (χ1) is 5.24. The third kappa shape index (κ3) is 2.48. The monoisotopic (exact) mass is 155 g/mol. The van der Waals surface area contributed by atoms with E-state index in [2.05, 4.69) is 26.1 Å². The second kappa shape index (κ2) is 4.10. The molecule has 1 rings (SSSR count). The molecule has 0 amide bonds. The lowest BCUT2D eigenvalue weighted by Crippen LogP contribution is -2.42. The van der Waals surface area contributed by atoms with Gasteiger partial charge >= 0.3 is 0 Å². The van der Waals surface area contributed by atoms with Gasteiger partial charge in [0.05, 0.1) is 0 Å². The van der Waals surface area contributed by atoms with Gasteiger partial charge in [-0.25, -0.2) is 0 Å². The van der Waals surface area contributed by atoms with Crippen molar-refractivity contribution in [3.05, 3.63) is 0 Å². The van der Waals surface area contributed by atoms with E-state index in [1.165, 1.54) is 25.7 Å². The van der Waals surface area contributed by atoms with E-state index in [9.17, 15) is 0 Å². The molecule has 0 bridgehead atoms. The van der Waals surface area contributed by atoms with E-state index < -0.39 is 0 Å². The molecule has 1 fully saturated rings. The fourth-order valence-corrected chi connectivity index (χ4v) is 1.86. The molecule has 66 valence electrons. The van der Waals surface area contributed by atoms with Crippen molar-refractivity contribution in [3.63, 3.8) is 0 Å². The van der Waals surface area contributed by atoms with Gasteiger partial charge in [-0.1, -0.05) is 27.2 Å². The predicted molar refractivity (Wildman–Crippen MR) is 49.7 cm³/mol. The van der Waals surface area contributed by atoms with Gasteiger partial charge in [-0.2, -0.15) is 0 Å². The third-order valence-electron chi connectivity index (χ3n) is 2.71. The maximum absolute atomic E-state index is 3.63. The molecule has 0 aromatic carbocycles. The second-order valence-electron chi connectivity index (χ2n) is 4.03. The van der Waals surface area contributed by atoms with E-state index in [4.69, 9.17) is 0 Å². The first-order valence-electron chi connectivity index (χ1n) is 5.00. The highest BCUT2D eigenvalue weighted by Crippen LogP contribution is 2.30. The van der Waals surface area contributed by atoms with Crippen LogP contribution in [-0.4, -0.2) is 12.1 Å². The van der Waals surface area contributed by atoms with Crippen molar-refractivity contribution >= 4 is 0 Å². The zero-order valence-corrected chi connectivity index (χ0v) is 8.06. The van der Waals surface area contributed by atoms with Crippen molar-refractivity contribution in [2.75, 3.05) is 0 Å². The minimum Gasteiger partial charge on any atom is -0.312 e. The van der Waals surface area contributed by atoms with Crippen molar-refractivity contribution in [3.8, 4) is 0 Å². The minimum absolute atomic E-state index is 0.653. The Hall–Kier alpha value is -0.0400. The molecule has 1 nitrogen and oxygen atoms in total. The van der Waals surface area contributed by atoms with Gasteiger partial charge in [0, 0.05) is 12.1 Å². The molecule has 1 unspecified atom stereocenters. The summed E-state index contributed by atoms with van der Waals surface area (Å²) >= 11 is 0. The van der Waals surface area contributed by atoms with E-state index in [1.807, 2.05) is 0 Å². The molecule has 1 N–H and O–H groups in total. The van der Waals surface area contributed by atoms with Crippen LogP contribution < -0.4 is 5.32 Å². The number of nitrogens with one attached hydrogen (secondary N) is 1. The van der Waals surface area contributed by atoms with Crippen LogP contribution in [0.15, 0.2) is 0 Å². The molecular weight excluding hydrogens is 134 g/mol. The molecule has 0 heterocycles. The van der Waals surface area contributed by atoms with Gasteiger partial charge in [-0.05, 0) is 25.2 Å². The smallest absolute Gasteiger partial charge is 0.00950 e. The highest BCUT2D eigenvalue weighted by Gasteiger charge is 2.25. The van der Waals surface area contributed by atoms with Gasteiger partial charge in [0.2, 0.25) is 0 Å². The SMILES string of the molecule is CCC(NC(C)C)C1CCC1. The van der Waals surface area contributed by atoms with Crippen LogP contribution in [0.4, 0.5) is 0 Å². The Morgan fingerprint density at radius 2 is 2.00 bits per heavy atom. The molecule has 0 spiro atoms.